The van der Waals surface area contributed by atoms with Crippen LogP contribution in [0, 0.1) is 0 Å². The van der Waals surface area contributed by atoms with Crippen LogP contribution < -0.4 is 15.4 Å². The second-order valence-electron chi connectivity index (χ2n) is 5.08. The predicted molar refractivity (Wildman–Crippen MR) is 93.6 cm³/mol. The number of carbonyl (C=O) groups is 1. The molecule has 8 nitrogen and oxygen atoms in total. The van der Waals surface area contributed by atoms with E-state index in [9.17, 15) is 13.2 Å². The Kier molecular flexibility index (Phi) is 6.87. The van der Waals surface area contributed by atoms with Crippen molar-refractivity contribution in [1.82, 2.24) is 15.0 Å². The Labute approximate surface area is 146 Å². The van der Waals surface area contributed by atoms with Gasteiger partial charge in [0.05, 0.1) is 11.5 Å². The molecule has 1 aromatic heterocycles. The smallest absolute Gasteiger partial charge is 0.319 e. The van der Waals surface area contributed by atoms with Crippen LogP contribution in [0.25, 0.3) is 0 Å². The summed E-state index contributed by atoms with van der Waals surface area (Å²) in [6.45, 7) is 0.844. The number of hydrogen-bond acceptors (Lipinski definition) is 5. The number of nitrogens with one attached hydrogen (secondary N) is 3. The van der Waals surface area contributed by atoms with Crippen LogP contribution in [-0.2, 0) is 21.3 Å². The molecule has 0 atom stereocenters. The van der Waals surface area contributed by atoms with E-state index in [1.54, 1.807) is 24.5 Å². The van der Waals surface area contributed by atoms with Crippen LogP contribution in [-0.4, -0.2) is 39.7 Å². The van der Waals surface area contributed by atoms with Crippen molar-refractivity contribution in [2.24, 2.45) is 0 Å². The number of methoxy groups -OCH3 is 1. The van der Waals surface area contributed by atoms with E-state index in [0.717, 1.165) is 5.56 Å². The van der Waals surface area contributed by atoms with E-state index in [4.69, 9.17) is 4.74 Å². The molecule has 3 N–H and O–H groups in total. The lowest BCUT2D eigenvalue weighted by molar-refractivity contribution is 0.204. The number of rotatable bonds is 8. The molecule has 0 aliphatic heterocycles. The SMILES string of the molecule is COCCNS(=O)(=O)c1ccc(NC(=O)NCc2ccncc2)cc1. The summed E-state index contributed by atoms with van der Waals surface area (Å²) in [4.78, 5) is 15.9. The number of hydrogen-bond donors (Lipinski definition) is 3. The van der Waals surface area contributed by atoms with Gasteiger partial charge in [0, 0.05) is 38.3 Å². The zero-order chi connectivity index (χ0) is 18.1. The maximum absolute atomic E-state index is 12.0. The van der Waals surface area contributed by atoms with Gasteiger partial charge in [0.1, 0.15) is 0 Å². The number of sulfonamides is 1. The third-order valence-corrected chi connectivity index (χ3v) is 4.70. The third kappa shape index (κ3) is 6.14. The van der Waals surface area contributed by atoms with Crippen LogP contribution in [0.15, 0.2) is 53.7 Å². The van der Waals surface area contributed by atoms with E-state index in [0.29, 0.717) is 12.2 Å². The summed E-state index contributed by atoms with van der Waals surface area (Å²) in [5, 5.41) is 5.35. The Hall–Kier alpha value is -2.49. The number of anilines is 1. The fourth-order valence-corrected chi connectivity index (χ4v) is 2.95. The Bertz CT molecular complexity index is 780. The molecule has 0 saturated heterocycles. The number of pyridine rings is 1. The first-order chi connectivity index (χ1) is 12.0. The number of urea groups is 1. The van der Waals surface area contributed by atoms with Crippen LogP contribution in [0.4, 0.5) is 10.5 Å². The van der Waals surface area contributed by atoms with Crippen molar-refractivity contribution in [1.29, 1.82) is 0 Å². The van der Waals surface area contributed by atoms with Crippen molar-refractivity contribution in [2.45, 2.75) is 11.4 Å². The molecule has 0 aliphatic rings. The van der Waals surface area contributed by atoms with Crippen molar-refractivity contribution in [2.75, 3.05) is 25.6 Å². The van der Waals surface area contributed by atoms with Gasteiger partial charge in [0.25, 0.3) is 0 Å². The minimum atomic E-state index is -3.59. The van der Waals surface area contributed by atoms with Gasteiger partial charge in [-0.1, -0.05) is 0 Å². The van der Waals surface area contributed by atoms with E-state index in [-0.39, 0.29) is 24.1 Å². The third-order valence-electron chi connectivity index (χ3n) is 3.22. The van der Waals surface area contributed by atoms with E-state index in [2.05, 4.69) is 20.3 Å². The van der Waals surface area contributed by atoms with Crippen molar-refractivity contribution in [3.63, 3.8) is 0 Å². The van der Waals surface area contributed by atoms with Crippen molar-refractivity contribution >= 4 is 21.7 Å². The highest BCUT2D eigenvalue weighted by molar-refractivity contribution is 7.89. The highest BCUT2D eigenvalue weighted by Gasteiger charge is 2.13. The van der Waals surface area contributed by atoms with E-state index >= 15 is 0 Å². The Morgan fingerprint density at radius 1 is 1.12 bits per heavy atom. The second kappa shape index (κ2) is 9.11. The quantitative estimate of drug-likeness (QED) is 0.612. The molecule has 0 saturated carbocycles. The topological polar surface area (TPSA) is 109 Å². The zero-order valence-electron chi connectivity index (χ0n) is 13.7. The minimum absolute atomic E-state index is 0.117. The largest absolute Gasteiger partial charge is 0.383 e. The highest BCUT2D eigenvalue weighted by atomic mass is 32.2. The Morgan fingerprint density at radius 2 is 1.80 bits per heavy atom. The average molecular weight is 364 g/mol. The summed E-state index contributed by atoms with van der Waals surface area (Å²) in [7, 11) is -2.09. The highest BCUT2D eigenvalue weighted by Crippen LogP contribution is 2.13. The number of aromatic nitrogens is 1. The fourth-order valence-electron chi connectivity index (χ4n) is 1.94. The first-order valence-electron chi connectivity index (χ1n) is 7.54. The number of nitrogens with zero attached hydrogens (tertiary/aromatic N) is 1. The normalized spacial score (nSPS) is 11.1. The Morgan fingerprint density at radius 3 is 2.44 bits per heavy atom. The molecule has 2 aromatic rings. The molecule has 25 heavy (non-hydrogen) atoms. The van der Waals surface area contributed by atoms with Gasteiger partial charge in [-0.05, 0) is 42.0 Å². The van der Waals surface area contributed by atoms with Crippen LogP contribution in [0.3, 0.4) is 0 Å². The van der Waals surface area contributed by atoms with Crippen LogP contribution in [0.2, 0.25) is 0 Å². The maximum Gasteiger partial charge on any atom is 0.319 e. The average Bonchev–Trinajstić information content (AvgIpc) is 2.61. The van der Waals surface area contributed by atoms with Gasteiger partial charge in [-0.25, -0.2) is 17.9 Å². The maximum atomic E-state index is 12.0. The molecule has 1 aromatic carbocycles. The first-order valence-corrected chi connectivity index (χ1v) is 9.02. The lowest BCUT2D eigenvalue weighted by Crippen LogP contribution is -2.28. The molecule has 9 heteroatoms. The summed E-state index contributed by atoms with van der Waals surface area (Å²) in [6.07, 6.45) is 3.30. The summed E-state index contributed by atoms with van der Waals surface area (Å²) < 4.78 is 31.3. The molecule has 0 bridgehead atoms. The van der Waals surface area contributed by atoms with Gasteiger partial charge in [0.15, 0.2) is 0 Å². The van der Waals surface area contributed by atoms with Gasteiger partial charge in [-0.15, -0.1) is 0 Å². The second-order valence-corrected chi connectivity index (χ2v) is 6.85. The number of carbonyl (C=O) groups excluding carboxylic acids is 1. The lowest BCUT2D eigenvalue weighted by atomic mass is 10.3. The van der Waals surface area contributed by atoms with E-state index in [1.807, 2.05) is 0 Å². The summed E-state index contributed by atoms with van der Waals surface area (Å²) in [5.41, 5.74) is 1.41. The predicted octanol–water partition coefficient (Wildman–Crippen LogP) is 1.33. The summed E-state index contributed by atoms with van der Waals surface area (Å²) in [6, 6.07) is 9.12. The molecule has 0 radical (unpaired) electrons. The van der Waals surface area contributed by atoms with Crippen molar-refractivity contribution < 1.29 is 17.9 Å². The van der Waals surface area contributed by atoms with E-state index < -0.39 is 10.0 Å². The van der Waals surface area contributed by atoms with Gasteiger partial charge < -0.3 is 15.4 Å². The fraction of sp³-hybridized carbons (Fsp3) is 0.250. The minimum Gasteiger partial charge on any atom is -0.383 e. The van der Waals surface area contributed by atoms with Gasteiger partial charge >= 0.3 is 6.03 Å². The molecule has 1 heterocycles. The Balaban J connectivity index is 1.88. The van der Waals surface area contributed by atoms with Gasteiger partial charge in [-0.2, -0.15) is 0 Å². The summed E-state index contributed by atoms with van der Waals surface area (Å²) in [5.74, 6) is 0. The van der Waals surface area contributed by atoms with Crippen LogP contribution in [0.5, 0.6) is 0 Å². The molecule has 0 spiro atoms. The monoisotopic (exact) mass is 364 g/mol. The molecule has 0 fully saturated rings. The zero-order valence-corrected chi connectivity index (χ0v) is 14.5. The molecule has 134 valence electrons. The number of benzene rings is 1. The van der Waals surface area contributed by atoms with Gasteiger partial charge in [0.2, 0.25) is 10.0 Å². The summed E-state index contributed by atoms with van der Waals surface area (Å²) >= 11 is 0. The molecular formula is C16H20N4O4S. The van der Waals surface area contributed by atoms with E-state index in [1.165, 1.54) is 31.4 Å². The first kappa shape index (κ1) is 18.8. The molecule has 2 amide bonds. The van der Waals surface area contributed by atoms with Gasteiger partial charge in [-0.3, -0.25) is 4.98 Å². The van der Waals surface area contributed by atoms with Crippen molar-refractivity contribution in [3.8, 4) is 0 Å². The number of ether oxygens (including phenoxy) is 1. The lowest BCUT2D eigenvalue weighted by Gasteiger charge is -2.09. The standard InChI is InChI=1S/C16H20N4O4S/c1-24-11-10-19-25(22,23)15-4-2-14(3-5-15)20-16(21)18-12-13-6-8-17-9-7-13/h2-9,19H,10-12H2,1H3,(H2,18,20,21). The molecule has 0 unspecified atom stereocenters. The molecule has 2 rings (SSSR count). The van der Waals surface area contributed by atoms with Crippen molar-refractivity contribution in [3.05, 3.63) is 54.4 Å². The molecule has 0 aliphatic carbocycles. The number of amides is 2. The molecular weight excluding hydrogens is 344 g/mol. The van der Waals surface area contributed by atoms with Crippen LogP contribution in [0.1, 0.15) is 5.56 Å². The van der Waals surface area contributed by atoms with Crippen LogP contribution >= 0.6 is 0 Å².